The van der Waals surface area contributed by atoms with Crippen molar-refractivity contribution >= 4 is 42.0 Å². The number of hydrogen-bond acceptors (Lipinski definition) is 2. The van der Waals surface area contributed by atoms with Crippen molar-refractivity contribution in [3.63, 3.8) is 0 Å². The van der Waals surface area contributed by atoms with Crippen LogP contribution in [0.4, 0.5) is 34.1 Å². The van der Waals surface area contributed by atoms with Crippen LogP contribution in [0.3, 0.4) is 0 Å². The van der Waals surface area contributed by atoms with Crippen molar-refractivity contribution in [1.29, 1.82) is 0 Å². The molecule has 0 heterocycles. The molecule has 288 valence electrons. The summed E-state index contributed by atoms with van der Waals surface area (Å²) in [5.74, 6) is 1.08. The van der Waals surface area contributed by atoms with E-state index in [9.17, 15) is 0 Å². The fourth-order valence-corrected chi connectivity index (χ4v) is 7.41. The van der Waals surface area contributed by atoms with Crippen LogP contribution < -0.4 is 9.80 Å². The summed E-state index contributed by atoms with van der Waals surface area (Å²) in [5.41, 5.74) is 15.0. The number of nitrogens with zero attached hydrogens (tertiary/aromatic N) is 2. The van der Waals surface area contributed by atoms with Crippen molar-refractivity contribution in [2.45, 2.75) is 111 Å². The second-order valence-corrected chi connectivity index (χ2v) is 17.1. The minimum absolute atomic E-state index is 0.143. The van der Waals surface area contributed by atoms with Crippen LogP contribution in [-0.4, -0.2) is 7.85 Å². The van der Waals surface area contributed by atoms with Gasteiger partial charge in [0, 0.05) is 34.1 Å². The summed E-state index contributed by atoms with van der Waals surface area (Å²) in [5, 5.41) is 0.143. The van der Waals surface area contributed by atoms with E-state index in [1.807, 2.05) is 0 Å². The topological polar surface area (TPSA) is 6.48 Å². The maximum atomic E-state index is 2.38. The normalized spacial score (nSPS) is 13.8. The van der Waals surface area contributed by atoms with Gasteiger partial charge in [-0.25, -0.2) is 0 Å². The van der Waals surface area contributed by atoms with Crippen LogP contribution in [0.2, 0.25) is 0 Å². The van der Waals surface area contributed by atoms with Gasteiger partial charge in [-0.2, -0.15) is 0 Å². The third-order valence-electron chi connectivity index (χ3n) is 12.8. The van der Waals surface area contributed by atoms with Gasteiger partial charge >= 0.3 is 0 Å². The Kier molecular flexibility index (Phi) is 12.6. The smallest absolute Gasteiger partial charge is 0.114 e. The summed E-state index contributed by atoms with van der Waals surface area (Å²) in [7, 11) is 2.33. The summed E-state index contributed by atoms with van der Waals surface area (Å²) in [6, 6.07) is 54.7. The maximum Gasteiger partial charge on any atom is 0.114 e. The molecule has 6 rings (SSSR count). The van der Waals surface area contributed by atoms with E-state index >= 15 is 0 Å². The average molecular weight is 739 g/mol. The minimum atomic E-state index is 0.143. The van der Waals surface area contributed by atoms with Crippen LogP contribution in [-0.2, 0) is 10.7 Å². The summed E-state index contributed by atoms with van der Waals surface area (Å²) in [6.45, 7) is 20.6. The lowest BCUT2D eigenvalue weighted by molar-refractivity contribution is 0.506. The highest BCUT2D eigenvalue weighted by molar-refractivity contribution is 6.15. The number of hydrogen-bond donors (Lipinski definition) is 0. The zero-order valence-corrected chi connectivity index (χ0v) is 35.7. The van der Waals surface area contributed by atoms with Crippen molar-refractivity contribution in [3.8, 4) is 11.1 Å². The van der Waals surface area contributed by atoms with Crippen LogP contribution in [0.15, 0.2) is 146 Å². The summed E-state index contributed by atoms with van der Waals surface area (Å²) < 4.78 is 0. The molecule has 0 amide bonds. The van der Waals surface area contributed by atoms with E-state index in [0.717, 1.165) is 48.4 Å². The quantitative estimate of drug-likeness (QED) is 0.0968. The molecule has 0 saturated heterocycles. The van der Waals surface area contributed by atoms with Crippen LogP contribution in [0, 0.1) is 0 Å². The van der Waals surface area contributed by atoms with E-state index in [1.165, 1.54) is 44.8 Å². The zero-order chi connectivity index (χ0) is 40.0. The molecule has 6 aromatic carbocycles. The van der Waals surface area contributed by atoms with Gasteiger partial charge in [0.1, 0.15) is 7.85 Å². The Balaban J connectivity index is 1.32. The van der Waals surface area contributed by atoms with Crippen molar-refractivity contribution in [2.75, 3.05) is 9.80 Å². The van der Waals surface area contributed by atoms with Crippen LogP contribution in [0.1, 0.15) is 122 Å². The Morgan fingerprint density at radius 2 is 0.696 bits per heavy atom. The largest absolute Gasteiger partial charge is 0.311 e. The van der Waals surface area contributed by atoms with E-state index in [-0.39, 0.29) is 10.7 Å². The molecule has 0 spiro atoms. The van der Waals surface area contributed by atoms with Gasteiger partial charge in [0.25, 0.3) is 0 Å². The van der Waals surface area contributed by atoms with Gasteiger partial charge in [0.05, 0.1) is 0 Å². The molecule has 3 heteroatoms. The monoisotopic (exact) mass is 739 g/mol. The molecular formula is C53H63BN2. The molecule has 0 bridgehead atoms. The Bertz CT molecular complexity index is 1970. The standard InChI is InChI=1S/C53H63BN2/c1-10-38(5)40-14-26-46(27-15-40)55(50-34-22-44(23-35-50)52(7,8)12-3)48-30-18-42(19-31-48)43-20-32-49(33-21-43)56(47-28-16-41(17-29-47)39(6)11-2)51-36-24-45(25-37-51)53(9,54)13-4/h14-39H,10-13,54H2,1-9H3. The van der Waals surface area contributed by atoms with Gasteiger partial charge in [-0.05, 0) is 148 Å². The SMILES string of the molecule is BC(C)(CC)c1ccc(N(c2ccc(-c3ccc(N(c4ccc(C(C)CC)cc4)c4ccc(C(C)(C)CC)cc4)cc3)cc2)c2ccc(C(C)CC)cc2)cc1. The van der Waals surface area contributed by atoms with Crippen LogP contribution in [0.25, 0.3) is 11.1 Å². The first-order chi connectivity index (χ1) is 26.9. The number of rotatable bonds is 15. The van der Waals surface area contributed by atoms with Gasteiger partial charge in [-0.3, -0.25) is 0 Å². The lowest BCUT2D eigenvalue weighted by atomic mass is 9.64. The Hall–Kier alpha value is -5.02. The molecule has 3 unspecified atom stereocenters. The molecule has 0 aromatic heterocycles. The second kappa shape index (κ2) is 17.4. The highest BCUT2D eigenvalue weighted by Crippen LogP contribution is 2.40. The van der Waals surface area contributed by atoms with Crippen molar-refractivity contribution in [3.05, 3.63) is 168 Å². The Morgan fingerprint density at radius 1 is 0.411 bits per heavy atom. The van der Waals surface area contributed by atoms with E-state index in [0.29, 0.717) is 11.8 Å². The molecule has 0 N–H and O–H groups in total. The Morgan fingerprint density at radius 3 is 0.982 bits per heavy atom. The first-order valence-corrected chi connectivity index (χ1v) is 21.1. The van der Waals surface area contributed by atoms with Crippen LogP contribution >= 0.6 is 0 Å². The molecule has 6 aromatic rings. The molecular weight excluding hydrogens is 675 g/mol. The molecule has 2 nitrogen and oxygen atoms in total. The lowest BCUT2D eigenvalue weighted by Gasteiger charge is -2.28. The van der Waals surface area contributed by atoms with Gasteiger partial charge in [-0.1, -0.05) is 142 Å². The van der Waals surface area contributed by atoms with E-state index in [4.69, 9.17) is 0 Å². The summed E-state index contributed by atoms with van der Waals surface area (Å²) in [6.07, 6.45) is 4.47. The third kappa shape index (κ3) is 8.84. The molecule has 3 atom stereocenters. The van der Waals surface area contributed by atoms with Crippen LogP contribution in [0.5, 0.6) is 0 Å². The Labute approximate surface area is 340 Å². The summed E-state index contributed by atoms with van der Waals surface area (Å²) >= 11 is 0. The van der Waals surface area contributed by atoms with E-state index in [2.05, 4.69) is 226 Å². The molecule has 0 aliphatic heterocycles. The predicted octanol–water partition coefficient (Wildman–Crippen LogP) is 15.3. The lowest BCUT2D eigenvalue weighted by Crippen LogP contribution is -2.20. The van der Waals surface area contributed by atoms with Crippen molar-refractivity contribution in [2.24, 2.45) is 0 Å². The highest BCUT2D eigenvalue weighted by Gasteiger charge is 2.21. The zero-order valence-electron chi connectivity index (χ0n) is 35.7. The molecule has 56 heavy (non-hydrogen) atoms. The second-order valence-electron chi connectivity index (χ2n) is 17.1. The average Bonchev–Trinajstić information content (AvgIpc) is 3.24. The van der Waals surface area contributed by atoms with E-state index < -0.39 is 0 Å². The first-order valence-electron chi connectivity index (χ1n) is 21.1. The third-order valence-corrected chi connectivity index (χ3v) is 12.8. The maximum absolute atomic E-state index is 2.38. The highest BCUT2D eigenvalue weighted by atomic mass is 15.1. The number of benzene rings is 6. The van der Waals surface area contributed by atoms with Gasteiger partial charge in [0.2, 0.25) is 0 Å². The first kappa shape index (κ1) is 40.6. The van der Waals surface area contributed by atoms with E-state index in [1.54, 1.807) is 0 Å². The van der Waals surface area contributed by atoms with Crippen molar-refractivity contribution in [1.82, 2.24) is 0 Å². The fourth-order valence-electron chi connectivity index (χ4n) is 7.41. The minimum Gasteiger partial charge on any atom is -0.311 e. The summed E-state index contributed by atoms with van der Waals surface area (Å²) in [4.78, 5) is 4.76. The molecule has 0 fully saturated rings. The molecule has 0 aliphatic carbocycles. The van der Waals surface area contributed by atoms with Gasteiger partial charge < -0.3 is 9.80 Å². The van der Waals surface area contributed by atoms with Gasteiger partial charge in [0.15, 0.2) is 0 Å². The van der Waals surface area contributed by atoms with Crippen molar-refractivity contribution < 1.29 is 0 Å². The van der Waals surface area contributed by atoms with Gasteiger partial charge in [-0.15, -0.1) is 0 Å². The molecule has 0 aliphatic rings. The fraction of sp³-hybridized carbons (Fsp3) is 0.321. The molecule has 0 radical (unpaired) electrons. The molecule has 0 saturated carbocycles. The predicted molar refractivity (Wildman–Crippen MR) is 248 cm³/mol. The number of anilines is 6.